The summed E-state index contributed by atoms with van der Waals surface area (Å²) in [7, 11) is 1.60. The van der Waals surface area contributed by atoms with Gasteiger partial charge in [-0.1, -0.05) is 37.5 Å². The van der Waals surface area contributed by atoms with Gasteiger partial charge in [0.1, 0.15) is 11.5 Å². The van der Waals surface area contributed by atoms with Crippen LogP contribution in [0.4, 0.5) is 5.69 Å². The van der Waals surface area contributed by atoms with Crippen molar-refractivity contribution in [2.24, 2.45) is 0 Å². The molecule has 0 spiro atoms. The standard InChI is InChI=1S/C21H25NO3/c1-24-20-9-5-8-18(14-20)22-21(23)15-25-19-12-10-17(11-13-19)16-6-3-2-4-7-16/h5,8-14,16H,2-4,6-7,15H2,1H3,(H,22,23). The Morgan fingerprint density at radius 2 is 1.80 bits per heavy atom. The first-order chi connectivity index (χ1) is 12.2. The maximum atomic E-state index is 12.0. The van der Waals surface area contributed by atoms with E-state index in [9.17, 15) is 4.79 Å². The number of ether oxygens (including phenoxy) is 2. The zero-order valence-electron chi connectivity index (χ0n) is 14.7. The molecule has 0 atom stereocenters. The third-order valence-corrected chi connectivity index (χ3v) is 4.68. The molecule has 0 aromatic heterocycles. The molecular formula is C21H25NO3. The summed E-state index contributed by atoms with van der Waals surface area (Å²) in [5.74, 6) is 1.92. The van der Waals surface area contributed by atoms with Crippen LogP contribution in [0.15, 0.2) is 48.5 Å². The van der Waals surface area contributed by atoms with Crippen LogP contribution in [0.1, 0.15) is 43.6 Å². The molecule has 4 nitrogen and oxygen atoms in total. The van der Waals surface area contributed by atoms with Crippen molar-refractivity contribution in [3.8, 4) is 11.5 Å². The van der Waals surface area contributed by atoms with Gasteiger partial charge in [-0.2, -0.15) is 0 Å². The molecule has 1 aliphatic rings. The van der Waals surface area contributed by atoms with Crippen LogP contribution in [0, 0.1) is 0 Å². The van der Waals surface area contributed by atoms with E-state index in [4.69, 9.17) is 9.47 Å². The first kappa shape index (κ1) is 17.3. The van der Waals surface area contributed by atoms with Gasteiger partial charge in [0.2, 0.25) is 0 Å². The summed E-state index contributed by atoms with van der Waals surface area (Å²) in [5, 5.41) is 2.81. The number of hydrogen-bond donors (Lipinski definition) is 1. The van der Waals surface area contributed by atoms with Gasteiger partial charge in [0, 0.05) is 11.8 Å². The Balaban J connectivity index is 1.49. The lowest BCUT2D eigenvalue weighted by atomic mass is 9.84. The van der Waals surface area contributed by atoms with E-state index in [0.717, 1.165) is 5.75 Å². The van der Waals surface area contributed by atoms with Gasteiger partial charge in [-0.3, -0.25) is 4.79 Å². The number of carbonyl (C=O) groups is 1. The predicted molar refractivity (Wildman–Crippen MR) is 99.4 cm³/mol. The number of amides is 1. The lowest BCUT2D eigenvalue weighted by Crippen LogP contribution is -2.20. The molecule has 1 fully saturated rings. The molecule has 3 rings (SSSR count). The predicted octanol–water partition coefficient (Wildman–Crippen LogP) is 4.76. The number of anilines is 1. The molecule has 0 heterocycles. The highest BCUT2D eigenvalue weighted by atomic mass is 16.5. The summed E-state index contributed by atoms with van der Waals surface area (Å²) in [4.78, 5) is 12.0. The molecule has 132 valence electrons. The fourth-order valence-corrected chi connectivity index (χ4v) is 3.32. The summed E-state index contributed by atoms with van der Waals surface area (Å²) in [5.41, 5.74) is 2.08. The van der Waals surface area contributed by atoms with Gasteiger partial charge < -0.3 is 14.8 Å². The molecule has 2 aromatic rings. The van der Waals surface area contributed by atoms with Crippen LogP contribution >= 0.6 is 0 Å². The Kier molecular flexibility index (Phi) is 5.94. The smallest absolute Gasteiger partial charge is 0.262 e. The highest BCUT2D eigenvalue weighted by Crippen LogP contribution is 2.33. The van der Waals surface area contributed by atoms with Crippen molar-refractivity contribution >= 4 is 11.6 Å². The minimum atomic E-state index is -0.190. The van der Waals surface area contributed by atoms with Crippen LogP contribution in [-0.4, -0.2) is 19.6 Å². The van der Waals surface area contributed by atoms with Crippen LogP contribution in [0.25, 0.3) is 0 Å². The number of nitrogens with one attached hydrogen (secondary N) is 1. The molecule has 2 aromatic carbocycles. The molecule has 1 N–H and O–H groups in total. The summed E-state index contributed by atoms with van der Waals surface area (Å²) in [6.45, 7) is -0.0139. The quantitative estimate of drug-likeness (QED) is 0.825. The zero-order valence-corrected chi connectivity index (χ0v) is 14.7. The minimum absolute atomic E-state index is 0.0139. The molecule has 1 saturated carbocycles. The molecule has 1 amide bonds. The Hall–Kier alpha value is -2.49. The van der Waals surface area contributed by atoms with E-state index in [1.165, 1.54) is 37.7 Å². The molecule has 0 radical (unpaired) electrons. The number of carbonyl (C=O) groups excluding carboxylic acids is 1. The number of benzene rings is 2. The highest BCUT2D eigenvalue weighted by molar-refractivity contribution is 5.92. The van der Waals surface area contributed by atoms with Crippen molar-refractivity contribution in [1.29, 1.82) is 0 Å². The average Bonchev–Trinajstić information content (AvgIpc) is 2.67. The molecule has 0 aliphatic heterocycles. The van der Waals surface area contributed by atoms with Crippen molar-refractivity contribution in [2.75, 3.05) is 19.0 Å². The van der Waals surface area contributed by atoms with E-state index in [1.807, 2.05) is 30.3 Å². The normalized spacial score (nSPS) is 14.8. The second-order valence-corrected chi connectivity index (χ2v) is 6.47. The highest BCUT2D eigenvalue weighted by Gasteiger charge is 2.15. The van der Waals surface area contributed by atoms with E-state index < -0.39 is 0 Å². The largest absolute Gasteiger partial charge is 0.497 e. The zero-order chi connectivity index (χ0) is 17.5. The van der Waals surface area contributed by atoms with E-state index in [1.54, 1.807) is 13.2 Å². The Bertz CT molecular complexity index is 691. The van der Waals surface area contributed by atoms with Crippen LogP contribution in [-0.2, 0) is 4.79 Å². The van der Waals surface area contributed by atoms with Crippen molar-refractivity contribution in [1.82, 2.24) is 0 Å². The first-order valence-electron chi connectivity index (χ1n) is 8.91. The summed E-state index contributed by atoms with van der Waals surface area (Å²) in [6, 6.07) is 15.4. The third-order valence-electron chi connectivity index (χ3n) is 4.68. The van der Waals surface area contributed by atoms with Gasteiger partial charge in [0.05, 0.1) is 7.11 Å². The van der Waals surface area contributed by atoms with Gasteiger partial charge >= 0.3 is 0 Å². The van der Waals surface area contributed by atoms with E-state index >= 15 is 0 Å². The molecule has 0 saturated heterocycles. The first-order valence-corrected chi connectivity index (χ1v) is 8.91. The SMILES string of the molecule is COc1cccc(NC(=O)COc2ccc(C3CCCCC3)cc2)c1. The second kappa shape index (κ2) is 8.56. The second-order valence-electron chi connectivity index (χ2n) is 6.47. The maximum Gasteiger partial charge on any atom is 0.262 e. The van der Waals surface area contributed by atoms with Crippen molar-refractivity contribution in [3.63, 3.8) is 0 Å². The summed E-state index contributed by atoms with van der Waals surface area (Å²) < 4.78 is 10.7. The topological polar surface area (TPSA) is 47.6 Å². The number of methoxy groups -OCH3 is 1. The number of rotatable bonds is 6. The summed E-state index contributed by atoms with van der Waals surface area (Å²) >= 11 is 0. The van der Waals surface area contributed by atoms with Gasteiger partial charge in [-0.15, -0.1) is 0 Å². The lowest BCUT2D eigenvalue weighted by Gasteiger charge is -2.22. The molecule has 0 bridgehead atoms. The Labute approximate surface area is 149 Å². The maximum absolute atomic E-state index is 12.0. The lowest BCUT2D eigenvalue weighted by molar-refractivity contribution is -0.118. The molecule has 4 heteroatoms. The molecule has 1 aliphatic carbocycles. The van der Waals surface area contributed by atoms with Crippen LogP contribution in [0.5, 0.6) is 11.5 Å². The van der Waals surface area contributed by atoms with Crippen molar-refractivity contribution in [2.45, 2.75) is 38.0 Å². The fourth-order valence-electron chi connectivity index (χ4n) is 3.32. The third kappa shape index (κ3) is 4.99. The van der Waals surface area contributed by atoms with Gasteiger partial charge in [0.25, 0.3) is 5.91 Å². The van der Waals surface area contributed by atoms with E-state index in [2.05, 4.69) is 17.4 Å². The number of hydrogen-bond acceptors (Lipinski definition) is 3. The average molecular weight is 339 g/mol. The van der Waals surface area contributed by atoms with Crippen LogP contribution < -0.4 is 14.8 Å². The Morgan fingerprint density at radius 3 is 2.52 bits per heavy atom. The van der Waals surface area contributed by atoms with E-state index in [0.29, 0.717) is 17.4 Å². The van der Waals surface area contributed by atoms with E-state index in [-0.39, 0.29) is 12.5 Å². The van der Waals surface area contributed by atoms with Gasteiger partial charge in [-0.25, -0.2) is 0 Å². The fraction of sp³-hybridized carbons (Fsp3) is 0.381. The molecular weight excluding hydrogens is 314 g/mol. The monoisotopic (exact) mass is 339 g/mol. The van der Waals surface area contributed by atoms with Crippen LogP contribution in [0.2, 0.25) is 0 Å². The van der Waals surface area contributed by atoms with Crippen molar-refractivity contribution in [3.05, 3.63) is 54.1 Å². The molecule has 25 heavy (non-hydrogen) atoms. The van der Waals surface area contributed by atoms with Gasteiger partial charge in [0.15, 0.2) is 6.61 Å². The summed E-state index contributed by atoms with van der Waals surface area (Å²) in [6.07, 6.45) is 6.58. The minimum Gasteiger partial charge on any atom is -0.497 e. The van der Waals surface area contributed by atoms with Crippen molar-refractivity contribution < 1.29 is 14.3 Å². The van der Waals surface area contributed by atoms with Crippen LogP contribution in [0.3, 0.4) is 0 Å². The Morgan fingerprint density at radius 1 is 1.04 bits per heavy atom. The van der Waals surface area contributed by atoms with Gasteiger partial charge in [-0.05, 0) is 48.6 Å². The molecule has 0 unspecified atom stereocenters.